The van der Waals surface area contributed by atoms with E-state index in [0.717, 1.165) is 15.8 Å². The number of amides is 1. The van der Waals surface area contributed by atoms with E-state index in [-0.39, 0.29) is 5.91 Å². The van der Waals surface area contributed by atoms with E-state index < -0.39 is 0 Å². The summed E-state index contributed by atoms with van der Waals surface area (Å²) in [6.45, 7) is 0. The van der Waals surface area contributed by atoms with E-state index in [4.69, 9.17) is 11.6 Å². The molecule has 0 spiro atoms. The lowest BCUT2D eigenvalue weighted by atomic mass is 10.2. The molecule has 0 aliphatic carbocycles. The van der Waals surface area contributed by atoms with Crippen molar-refractivity contribution < 1.29 is 4.79 Å². The molecule has 2 rings (SSSR count). The van der Waals surface area contributed by atoms with Gasteiger partial charge in [-0.25, -0.2) is 5.43 Å². The van der Waals surface area contributed by atoms with E-state index in [1.165, 1.54) is 5.56 Å². The molecule has 22 heavy (non-hydrogen) atoms. The maximum Gasteiger partial charge on any atom is 0.250 e. The van der Waals surface area contributed by atoms with Gasteiger partial charge < -0.3 is 0 Å². The summed E-state index contributed by atoms with van der Waals surface area (Å²) in [5, 5.41) is 4.59. The Hall–Kier alpha value is -1.30. The number of hydrogen-bond donors (Lipinski definition) is 1. The van der Waals surface area contributed by atoms with E-state index in [0.29, 0.717) is 10.8 Å². The predicted octanol–water partition coefficient (Wildman–Crippen LogP) is 4.49. The van der Waals surface area contributed by atoms with Gasteiger partial charge in [-0.05, 0) is 35.4 Å². The van der Waals surface area contributed by atoms with Crippen LogP contribution < -0.4 is 5.43 Å². The summed E-state index contributed by atoms with van der Waals surface area (Å²) >= 11 is 10.7. The van der Waals surface area contributed by atoms with Crippen LogP contribution in [0.15, 0.2) is 58.1 Å². The molecule has 0 atom stereocenters. The zero-order valence-electron chi connectivity index (χ0n) is 11.6. The summed E-state index contributed by atoms with van der Waals surface area (Å²) in [5.74, 6) is 1.04. The highest BCUT2D eigenvalue weighted by Crippen LogP contribution is 2.15. The highest BCUT2D eigenvalue weighted by Gasteiger charge is 2.00. The van der Waals surface area contributed by atoms with Crippen LogP contribution in [-0.4, -0.2) is 17.9 Å². The fourth-order valence-electron chi connectivity index (χ4n) is 1.60. The van der Waals surface area contributed by atoms with Gasteiger partial charge in [0.2, 0.25) is 5.91 Å². The molecule has 6 heteroatoms. The minimum atomic E-state index is -0.118. The second-order valence-electron chi connectivity index (χ2n) is 4.46. The smallest absolute Gasteiger partial charge is 0.250 e. The predicted molar refractivity (Wildman–Crippen MR) is 97.5 cm³/mol. The summed E-state index contributed by atoms with van der Waals surface area (Å²) in [7, 11) is 0. The maximum absolute atomic E-state index is 11.7. The number of nitrogens with one attached hydrogen (secondary N) is 1. The van der Waals surface area contributed by atoms with Gasteiger partial charge in [0.25, 0.3) is 0 Å². The summed E-state index contributed by atoms with van der Waals surface area (Å²) in [5.41, 5.74) is 4.58. The third-order valence-electron chi connectivity index (χ3n) is 2.69. The molecule has 3 nitrogen and oxygen atoms in total. The zero-order valence-corrected chi connectivity index (χ0v) is 14.8. The van der Waals surface area contributed by atoms with Crippen molar-refractivity contribution >= 4 is 51.4 Å². The number of halogens is 2. The monoisotopic (exact) mass is 396 g/mol. The Kier molecular flexibility index (Phi) is 6.96. The minimum absolute atomic E-state index is 0.118. The lowest BCUT2D eigenvalue weighted by Crippen LogP contribution is -2.19. The van der Waals surface area contributed by atoms with Crippen molar-refractivity contribution in [1.82, 2.24) is 5.43 Å². The Morgan fingerprint density at radius 2 is 1.86 bits per heavy atom. The standard InChI is InChI=1S/C16H14BrClN2OS/c17-14-5-1-13(2-6-14)10-22-11-16(21)20-19-9-12-3-7-15(18)8-4-12/h1-9H,10-11H2,(H,20,21)/b19-9-. The van der Waals surface area contributed by atoms with E-state index in [1.54, 1.807) is 30.1 Å². The third kappa shape index (κ3) is 6.22. The molecule has 0 fully saturated rings. The Bertz CT molecular complexity index is 644. The van der Waals surface area contributed by atoms with Gasteiger partial charge in [-0.2, -0.15) is 5.10 Å². The van der Waals surface area contributed by atoms with Crippen LogP contribution in [0.4, 0.5) is 0 Å². The van der Waals surface area contributed by atoms with Crippen molar-refractivity contribution in [3.63, 3.8) is 0 Å². The van der Waals surface area contributed by atoms with Crippen LogP contribution in [-0.2, 0) is 10.5 Å². The number of hydrazone groups is 1. The fourth-order valence-corrected chi connectivity index (χ4v) is 2.77. The number of rotatable bonds is 6. The van der Waals surface area contributed by atoms with Gasteiger partial charge in [-0.3, -0.25) is 4.79 Å². The molecule has 0 radical (unpaired) electrons. The first kappa shape index (κ1) is 17.1. The molecule has 1 N–H and O–H groups in total. The third-order valence-corrected chi connectivity index (χ3v) is 4.47. The average molecular weight is 398 g/mol. The van der Waals surface area contributed by atoms with Crippen LogP contribution in [0.2, 0.25) is 5.02 Å². The number of carbonyl (C=O) groups is 1. The van der Waals surface area contributed by atoms with Gasteiger partial charge in [0.15, 0.2) is 0 Å². The van der Waals surface area contributed by atoms with Gasteiger partial charge in [0.1, 0.15) is 0 Å². The van der Waals surface area contributed by atoms with Crippen molar-refractivity contribution in [3.05, 3.63) is 69.2 Å². The molecule has 0 bridgehead atoms. The summed E-state index contributed by atoms with van der Waals surface area (Å²) < 4.78 is 1.05. The highest BCUT2D eigenvalue weighted by molar-refractivity contribution is 9.10. The van der Waals surface area contributed by atoms with Crippen molar-refractivity contribution in [2.24, 2.45) is 5.10 Å². The Balaban J connectivity index is 1.69. The van der Waals surface area contributed by atoms with Crippen LogP contribution in [0.1, 0.15) is 11.1 Å². The molecule has 0 aliphatic heterocycles. The quantitative estimate of drug-likeness (QED) is 0.576. The number of hydrogen-bond acceptors (Lipinski definition) is 3. The number of carbonyl (C=O) groups excluding carboxylic acids is 1. The molecule has 2 aromatic carbocycles. The summed E-state index contributed by atoms with van der Waals surface area (Å²) in [4.78, 5) is 11.7. The van der Waals surface area contributed by atoms with Gasteiger partial charge >= 0.3 is 0 Å². The molecule has 0 heterocycles. The SMILES string of the molecule is O=C(CSCc1ccc(Br)cc1)N/N=C\c1ccc(Cl)cc1. The van der Waals surface area contributed by atoms with Crippen LogP contribution in [0.5, 0.6) is 0 Å². The Labute approximate surface area is 147 Å². The maximum atomic E-state index is 11.7. The van der Waals surface area contributed by atoms with Crippen molar-refractivity contribution in [2.45, 2.75) is 5.75 Å². The Morgan fingerprint density at radius 1 is 1.18 bits per heavy atom. The first-order valence-electron chi connectivity index (χ1n) is 6.53. The highest BCUT2D eigenvalue weighted by atomic mass is 79.9. The minimum Gasteiger partial charge on any atom is -0.272 e. The van der Waals surface area contributed by atoms with E-state index in [1.807, 2.05) is 36.4 Å². The molecule has 2 aromatic rings. The van der Waals surface area contributed by atoms with Crippen LogP contribution in [0.25, 0.3) is 0 Å². The summed E-state index contributed by atoms with van der Waals surface area (Å²) in [6, 6.07) is 15.3. The van der Waals surface area contributed by atoms with Crippen LogP contribution in [0, 0.1) is 0 Å². The molecule has 114 valence electrons. The average Bonchev–Trinajstić information content (AvgIpc) is 2.51. The fraction of sp³-hybridized carbons (Fsp3) is 0.125. The van der Waals surface area contributed by atoms with Gasteiger partial charge in [0, 0.05) is 15.2 Å². The van der Waals surface area contributed by atoms with Crippen molar-refractivity contribution in [2.75, 3.05) is 5.75 Å². The Morgan fingerprint density at radius 3 is 2.55 bits per heavy atom. The molecule has 1 amide bonds. The topological polar surface area (TPSA) is 41.5 Å². The number of thioether (sulfide) groups is 1. The van der Waals surface area contributed by atoms with E-state index in [2.05, 4.69) is 26.5 Å². The largest absolute Gasteiger partial charge is 0.272 e. The lowest BCUT2D eigenvalue weighted by molar-refractivity contribution is -0.118. The second kappa shape index (κ2) is 8.98. The molecular weight excluding hydrogens is 384 g/mol. The molecular formula is C16H14BrClN2OS. The van der Waals surface area contributed by atoms with E-state index in [9.17, 15) is 4.79 Å². The molecule has 0 aromatic heterocycles. The molecule has 0 aliphatic rings. The number of nitrogens with zero attached hydrogens (tertiary/aromatic N) is 1. The van der Waals surface area contributed by atoms with Gasteiger partial charge in [0.05, 0.1) is 12.0 Å². The van der Waals surface area contributed by atoms with Gasteiger partial charge in [-0.15, -0.1) is 11.8 Å². The normalized spacial score (nSPS) is 10.8. The lowest BCUT2D eigenvalue weighted by Gasteiger charge is -2.02. The van der Waals surface area contributed by atoms with Crippen molar-refractivity contribution in [3.8, 4) is 0 Å². The first-order chi connectivity index (χ1) is 10.6. The zero-order chi connectivity index (χ0) is 15.8. The molecule has 0 saturated heterocycles. The van der Waals surface area contributed by atoms with Crippen LogP contribution >= 0.6 is 39.3 Å². The first-order valence-corrected chi connectivity index (χ1v) is 8.86. The van der Waals surface area contributed by atoms with Crippen molar-refractivity contribution in [1.29, 1.82) is 0 Å². The van der Waals surface area contributed by atoms with Crippen LogP contribution in [0.3, 0.4) is 0 Å². The number of benzene rings is 2. The van der Waals surface area contributed by atoms with Gasteiger partial charge in [-0.1, -0.05) is 51.8 Å². The summed E-state index contributed by atoms with van der Waals surface area (Å²) in [6.07, 6.45) is 1.59. The van der Waals surface area contributed by atoms with E-state index >= 15 is 0 Å². The molecule has 0 saturated carbocycles. The molecule has 0 unspecified atom stereocenters. The second-order valence-corrected chi connectivity index (χ2v) is 6.80.